The van der Waals surface area contributed by atoms with Crippen LogP contribution in [-0.4, -0.2) is 19.4 Å². The Labute approximate surface area is 94.1 Å². The summed E-state index contributed by atoms with van der Waals surface area (Å²) in [5.41, 5.74) is 1.08. The van der Waals surface area contributed by atoms with E-state index in [2.05, 4.69) is 0 Å². The number of hydrogen-bond donors (Lipinski definition) is 0. The first-order chi connectivity index (χ1) is 7.79. The third-order valence-corrected chi connectivity index (χ3v) is 2.38. The lowest BCUT2D eigenvalue weighted by Gasteiger charge is -2.04. The molecule has 0 saturated carbocycles. The number of fused-ring (bicyclic) bond motifs is 1. The zero-order chi connectivity index (χ0) is 11.4. The van der Waals surface area contributed by atoms with Gasteiger partial charge in [0.25, 0.3) is 0 Å². The van der Waals surface area contributed by atoms with Gasteiger partial charge < -0.3 is 14.2 Å². The molecule has 1 heterocycles. The summed E-state index contributed by atoms with van der Waals surface area (Å²) in [6, 6.07) is 5.74. The van der Waals surface area contributed by atoms with E-state index in [1.807, 2.05) is 18.2 Å². The Hall–Kier alpha value is -1.71. The first-order valence-electron chi connectivity index (χ1n) is 5.33. The van der Waals surface area contributed by atoms with Gasteiger partial charge in [-0.2, -0.15) is 0 Å². The monoisotopic (exact) mass is 222 g/mol. The fourth-order valence-corrected chi connectivity index (χ4v) is 1.48. The van der Waals surface area contributed by atoms with Gasteiger partial charge in [0.05, 0.1) is 6.61 Å². The molecule has 1 aromatic rings. The van der Waals surface area contributed by atoms with Gasteiger partial charge in [-0.3, -0.25) is 4.79 Å². The van der Waals surface area contributed by atoms with Crippen molar-refractivity contribution in [2.24, 2.45) is 0 Å². The highest BCUT2D eigenvalue weighted by Crippen LogP contribution is 2.32. The lowest BCUT2D eigenvalue weighted by molar-refractivity contribution is -0.143. The van der Waals surface area contributed by atoms with E-state index in [4.69, 9.17) is 14.2 Å². The van der Waals surface area contributed by atoms with E-state index in [-0.39, 0.29) is 12.8 Å². The Balaban J connectivity index is 1.88. The minimum atomic E-state index is -0.166. The molecule has 1 aromatic carbocycles. The van der Waals surface area contributed by atoms with Crippen LogP contribution in [0.3, 0.4) is 0 Å². The molecule has 16 heavy (non-hydrogen) atoms. The summed E-state index contributed by atoms with van der Waals surface area (Å²) in [5.74, 6) is 1.37. The molecule has 2 rings (SSSR count). The summed E-state index contributed by atoms with van der Waals surface area (Å²) >= 11 is 0. The molecule has 1 aliphatic rings. The quantitative estimate of drug-likeness (QED) is 0.730. The Bertz CT molecular complexity index is 387. The predicted molar refractivity (Wildman–Crippen MR) is 57.5 cm³/mol. The zero-order valence-electron chi connectivity index (χ0n) is 9.19. The second-order valence-corrected chi connectivity index (χ2v) is 3.51. The van der Waals surface area contributed by atoms with Crippen LogP contribution < -0.4 is 9.47 Å². The van der Waals surface area contributed by atoms with Gasteiger partial charge in [0, 0.05) is 12.8 Å². The summed E-state index contributed by atoms with van der Waals surface area (Å²) in [5, 5.41) is 0. The summed E-state index contributed by atoms with van der Waals surface area (Å²) in [6.45, 7) is 2.47. The second kappa shape index (κ2) is 4.88. The topological polar surface area (TPSA) is 44.8 Å². The molecule has 0 fully saturated rings. The first-order valence-corrected chi connectivity index (χ1v) is 5.33. The van der Waals surface area contributed by atoms with Gasteiger partial charge in [-0.15, -0.1) is 0 Å². The number of carbonyl (C=O) groups excluding carboxylic acids is 1. The Kier molecular flexibility index (Phi) is 3.29. The second-order valence-electron chi connectivity index (χ2n) is 3.51. The van der Waals surface area contributed by atoms with Gasteiger partial charge >= 0.3 is 5.97 Å². The van der Waals surface area contributed by atoms with Crippen molar-refractivity contribution in [1.29, 1.82) is 0 Å². The van der Waals surface area contributed by atoms with E-state index in [9.17, 15) is 4.79 Å². The average Bonchev–Trinajstić information content (AvgIpc) is 2.76. The lowest BCUT2D eigenvalue weighted by Crippen LogP contribution is -2.05. The van der Waals surface area contributed by atoms with Crippen LogP contribution in [0.2, 0.25) is 0 Å². The van der Waals surface area contributed by atoms with Crippen LogP contribution in [0, 0.1) is 0 Å². The molecule has 0 unspecified atom stereocenters. The van der Waals surface area contributed by atoms with Crippen LogP contribution in [0.1, 0.15) is 18.9 Å². The molecule has 4 nitrogen and oxygen atoms in total. The minimum Gasteiger partial charge on any atom is -0.465 e. The largest absolute Gasteiger partial charge is 0.465 e. The van der Waals surface area contributed by atoms with Crippen LogP contribution >= 0.6 is 0 Å². The maximum atomic E-state index is 10.9. The number of benzene rings is 1. The van der Waals surface area contributed by atoms with Gasteiger partial charge in [-0.25, -0.2) is 0 Å². The van der Waals surface area contributed by atoms with E-state index in [0.29, 0.717) is 19.4 Å². The third kappa shape index (κ3) is 2.45. The molecule has 0 bridgehead atoms. The van der Waals surface area contributed by atoms with Crippen LogP contribution in [0.15, 0.2) is 18.2 Å². The summed E-state index contributed by atoms with van der Waals surface area (Å²) in [7, 11) is 0. The molecule has 0 saturated heterocycles. The SMILES string of the molecule is CCC(=O)OCCc1ccc2c(c1)OCO2. The predicted octanol–water partition coefficient (Wildman–Crippen LogP) is 1.91. The maximum absolute atomic E-state index is 10.9. The number of carbonyl (C=O) groups is 1. The molecule has 0 spiro atoms. The fraction of sp³-hybridized carbons (Fsp3) is 0.417. The number of rotatable bonds is 4. The third-order valence-electron chi connectivity index (χ3n) is 2.38. The first kappa shape index (κ1) is 10.8. The van der Waals surface area contributed by atoms with Crippen molar-refractivity contribution in [2.75, 3.05) is 13.4 Å². The van der Waals surface area contributed by atoms with Crippen molar-refractivity contribution in [3.8, 4) is 11.5 Å². The molecule has 0 aliphatic carbocycles. The molecular weight excluding hydrogens is 208 g/mol. The summed E-state index contributed by atoms with van der Waals surface area (Å²) in [6.07, 6.45) is 1.11. The van der Waals surface area contributed by atoms with E-state index in [1.165, 1.54) is 0 Å². The van der Waals surface area contributed by atoms with Crippen molar-refractivity contribution >= 4 is 5.97 Å². The van der Waals surface area contributed by atoms with Crippen molar-refractivity contribution in [1.82, 2.24) is 0 Å². The molecule has 0 amide bonds. The molecule has 0 aromatic heterocycles. The highest BCUT2D eigenvalue weighted by atomic mass is 16.7. The molecular formula is C12H14O4. The van der Waals surface area contributed by atoms with E-state index >= 15 is 0 Å². The molecule has 86 valence electrons. The molecule has 0 radical (unpaired) electrons. The zero-order valence-corrected chi connectivity index (χ0v) is 9.19. The number of esters is 1. The molecule has 0 N–H and O–H groups in total. The standard InChI is InChI=1S/C12H14O4/c1-2-12(13)14-6-5-9-3-4-10-11(7-9)16-8-15-10/h3-4,7H,2,5-6,8H2,1H3. The van der Waals surface area contributed by atoms with E-state index in [0.717, 1.165) is 17.1 Å². The average molecular weight is 222 g/mol. The Morgan fingerprint density at radius 3 is 3.00 bits per heavy atom. The van der Waals surface area contributed by atoms with Crippen molar-refractivity contribution in [2.45, 2.75) is 19.8 Å². The van der Waals surface area contributed by atoms with Crippen LogP contribution in [0.25, 0.3) is 0 Å². The van der Waals surface area contributed by atoms with Gasteiger partial charge in [0.2, 0.25) is 6.79 Å². The highest BCUT2D eigenvalue weighted by Gasteiger charge is 2.13. The van der Waals surface area contributed by atoms with E-state index in [1.54, 1.807) is 6.92 Å². The number of hydrogen-bond acceptors (Lipinski definition) is 4. The summed E-state index contributed by atoms with van der Waals surface area (Å²) in [4.78, 5) is 10.9. The van der Waals surface area contributed by atoms with E-state index < -0.39 is 0 Å². The Morgan fingerprint density at radius 1 is 1.38 bits per heavy atom. The van der Waals surface area contributed by atoms with Crippen LogP contribution in [-0.2, 0) is 16.0 Å². The van der Waals surface area contributed by atoms with Gasteiger partial charge in [-0.1, -0.05) is 13.0 Å². The molecule has 1 aliphatic heterocycles. The Morgan fingerprint density at radius 2 is 2.19 bits per heavy atom. The maximum Gasteiger partial charge on any atom is 0.305 e. The summed E-state index contributed by atoms with van der Waals surface area (Å²) < 4.78 is 15.5. The lowest BCUT2D eigenvalue weighted by atomic mass is 10.1. The molecule has 0 atom stereocenters. The van der Waals surface area contributed by atoms with Crippen molar-refractivity contribution in [3.63, 3.8) is 0 Å². The fourth-order valence-electron chi connectivity index (χ4n) is 1.48. The van der Waals surface area contributed by atoms with Crippen LogP contribution in [0.5, 0.6) is 11.5 Å². The van der Waals surface area contributed by atoms with Crippen LogP contribution in [0.4, 0.5) is 0 Å². The van der Waals surface area contributed by atoms with Crippen molar-refractivity contribution < 1.29 is 19.0 Å². The van der Waals surface area contributed by atoms with Gasteiger partial charge in [0.1, 0.15) is 0 Å². The minimum absolute atomic E-state index is 0.166. The van der Waals surface area contributed by atoms with Gasteiger partial charge in [0.15, 0.2) is 11.5 Å². The number of ether oxygens (including phenoxy) is 3. The molecule has 4 heteroatoms. The normalized spacial score (nSPS) is 12.6. The smallest absolute Gasteiger partial charge is 0.305 e. The van der Waals surface area contributed by atoms with Gasteiger partial charge in [-0.05, 0) is 17.7 Å². The van der Waals surface area contributed by atoms with Crippen molar-refractivity contribution in [3.05, 3.63) is 23.8 Å². The highest BCUT2D eigenvalue weighted by molar-refractivity contribution is 5.68.